The third kappa shape index (κ3) is 3.51. The van der Waals surface area contributed by atoms with Gasteiger partial charge in [-0.15, -0.1) is 4.28 Å². The van der Waals surface area contributed by atoms with Gasteiger partial charge in [-0.2, -0.15) is 13.5 Å². The lowest BCUT2D eigenvalue weighted by Gasteiger charge is -2.41. The number of urea groups is 1. The third-order valence-corrected chi connectivity index (χ3v) is 5.89. The monoisotopic (exact) mass is 389 g/mol. The number of nitrogens with zero attached hydrogens (tertiary/aromatic N) is 2. The first-order valence-corrected chi connectivity index (χ1v) is 10.2. The second-order valence-corrected chi connectivity index (χ2v) is 8.41. The van der Waals surface area contributed by atoms with Crippen molar-refractivity contribution in [2.75, 3.05) is 19.6 Å². The molecule has 3 amide bonds. The van der Waals surface area contributed by atoms with Gasteiger partial charge in [0.05, 0.1) is 6.04 Å². The van der Waals surface area contributed by atoms with Gasteiger partial charge in [0.2, 0.25) is 5.91 Å². The zero-order valence-corrected chi connectivity index (χ0v) is 14.9. The highest BCUT2D eigenvalue weighted by Crippen LogP contribution is 2.31. The first kappa shape index (κ1) is 17.9. The highest BCUT2D eigenvalue weighted by atomic mass is 32.3. The molecule has 4 fully saturated rings. The molecule has 4 atom stereocenters. The normalized spacial score (nSPS) is 37.0. The van der Waals surface area contributed by atoms with Crippen molar-refractivity contribution >= 4 is 22.3 Å². The number of amides is 3. The number of fused-ring (bicyclic) bond motifs is 4. The van der Waals surface area contributed by atoms with E-state index < -0.39 is 28.5 Å². The van der Waals surface area contributed by atoms with Gasteiger partial charge in [-0.1, -0.05) is 0 Å². The highest BCUT2D eigenvalue weighted by Gasteiger charge is 2.49. The lowest BCUT2D eigenvalue weighted by Crippen LogP contribution is -2.63. The Morgan fingerprint density at radius 1 is 1.23 bits per heavy atom. The Bertz CT molecular complexity index is 690. The van der Waals surface area contributed by atoms with Gasteiger partial charge in [0, 0.05) is 37.8 Å². The molecule has 4 saturated heterocycles. The van der Waals surface area contributed by atoms with E-state index >= 15 is 0 Å². The van der Waals surface area contributed by atoms with Gasteiger partial charge in [-0.05, 0) is 25.7 Å². The van der Waals surface area contributed by atoms with E-state index in [4.69, 9.17) is 4.55 Å². The molecule has 0 spiro atoms. The van der Waals surface area contributed by atoms with Crippen LogP contribution in [-0.2, 0) is 19.5 Å². The smallest absolute Gasteiger partial charge is 0.351 e. The zero-order chi connectivity index (χ0) is 18.5. The number of carbonyl (C=O) groups is 2. The average molecular weight is 389 g/mol. The molecule has 0 saturated carbocycles. The molecular weight excluding hydrogens is 366 g/mol. The summed E-state index contributed by atoms with van der Waals surface area (Å²) in [6.45, 7) is 1.95. The number of hydrogen-bond donors (Lipinski definition) is 4. The second-order valence-electron chi connectivity index (χ2n) is 7.41. The Morgan fingerprint density at radius 2 is 1.92 bits per heavy atom. The molecule has 146 valence electrons. The number of carbonyl (C=O) groups excluding carboxylic acids is 2. The maximum absolute atomic E-state index is 12.7. The molecule has 4 bridgehead atoms. The summed E-state index contributed by atoms with van der Waals surface area (Å²) in [6, 6.07) is -1.14. The lowest BCUT2D eigenvalue weighted by molar-refractivity contribution is -0.127. The standard InChI is InChI=1S/C14H23N5O6S/c20-13(17-8-3-9-5-15-6-10(4-8)16-9)12-2-1-11-7-18(12)14(21)19(11)25-26(22,23)24/h8-12,15-16H,1-7H2,(H,17,20)(H,22,23,24). The van der Waals surface area contributed by atoms with Crippen molar-refractivity contribution in [2.45, 2.75) is 55.9 Å². The maximum Gasteiger partial charge on any atom is 0.418 e. The Labute approximate surface area is 151 Å². The summed E-state index contributed by atoms with van der Waals surface area (Å²) in [4.78, 5) is 26.4. The molecule has 26 heavy (non-hydrogen) atoms. The molecule has 0 aromatic carbocycles. The molecule has 4 aliphatic rings. The van der Waals surface area contributed by atoms with Crippen molar-refractivity contribution in [3.63, 3.8) is 0 Å². The van der Waals surface area contributed by atoms with E-state index in [2.05, 4.69) is 20.2 Å². The van der Waals surface area contributed by atoms with Gasteiger partial charge in [0.1, 0.15) is 6.04 Å². The summed E-state index contributed by atoms with van der Waals surface area (Å²) >= 11 is 0. The van der Waals surface area contributed by atoms with Crippen LogP contribution in [-0.4, -0.2) is 84.7 Å². The van der Waals surface area contributed by atoms with Gasteiger partial charge in [0.15, 0.2) is 0 Å². The van der Waals surface area contributed by atoms with E-state index in [-0.39, 0.29) is 18.5 Å². The van der Waals surface area contributed by atoms with Gasteiger partial charge in [-0.3, -0.25) is 9.35 Å². The van der Waals surface area contributed by atoms with Gasteiger partial charge in [-0.25, -0.2) is 4.79 Å². The van der Waals surface area contributed by atoms with Crippen LogP contribution < -0.4 is 16.0 Å². The summed E-state index contributed by atoms with van der Waals surface area (Å²) in [7, 11) is -4.78. The average Bonchev–Trinajstić information content (AvgIpc) is 2.78. The Balaban J connectivity index is 1.39. The molecule has 0 radical (unpaired) electrons. The van der Waals surface area contributed by atoms with E-state index in [1.807, 2.05) is 0 Å². The van der Waals surface area contributed by atoms with Gasteiger partial charge < -0.3 is 20.9 Å². The minimum atomic E-state index is -4.78. The largest absolute Gasteiger partial charge is 0.418 e. The number of piperazine rings is 1. The van der Waals surface area contributed by atoms with Crippen LogP contribution in [0, 0.1) is 0 Å². The first-order chi connectivity index (χ1) is 12.3. The fourth-order valence-electron chi connectivity index (χ4n) is 4.49. The van der Waals surface area contributed by atoms with Crippen LogP contribution in [0.25, 0.3) is 0 Å². The Morgan fingerprint density at radius 3 is 2.58 bits per heavy atom. The Hall–Kier alpha value is -1.47. The predicted octanol–water partition coefficient (Wildman–Crippen LogP) is -1.80. The van der Waals surface area contributed by atoms with E-state index in [1.54, 1.807) is 0 Å². The second kappa shape index (κ2) is 6.60. The molecule has 4 rings (SSSR count). The van der Waals surface area contributed by atoms with Crippen molar-refractivity contribution < 1.29 is 26.8 Å². The molecular formula is C14H23N5O6S. The molecule has 0 aromatic heterocycles. The molecule has 0 aromatic rings. The van der Waals surface area contributed by atoms with Crippen molar-refractivity contribution in [1.29, 1.82) is 0 Å². The molecule has 4 unspecified atom stereocenters. The molecule has 4 N–H and O–H groups in total. The third-order valence-electron chi connectivity index (χ3n) is 5.54. The lowest BCUT2D eigenvalue weighted by atomic mass is 9.90. The quantitative estimate of drug-likeness (QED) is 0.413. The molecule has 4 aliphatic heterocycles. The van der Waals surface area contributed by atoms with Crippen molar-refractivity contribution in [3.05, 3.63) is 0 Å². The van der Waals surface area contributed by atoms with Crippen molar-refractivity contribution in [1.82, 2.24) is 25.9 Å². The number of nitrogens with one attached hydrogen (secondary N) is 3. The van der Waals surface area contributed by atoms with E-state index in [9.17, 15) is 18.0 Å². The van der Waals surface area contributed by atoms with Crippen LogP contribution >= 0.6 is 0 Å². The van der Waals surface area contributed by atoms with E-state index in [1.165, 1.54) is 4.90 Å². The van der Waals surface area contributed by atoms with Crippen LogP contribution in [0.3, 0.4) is 0 Å². The van der Waals surface area contributed by atoms with E-state index in [0.717, 1.165) is 25.9 Å². The van der Waals surface area contributed by atoms with E-state index in [0.29, 0.717) is 30.0 Å². The SMILES string of the molecule is O=C(NC1CC2CNCC(C1)N2)C1CCC2CN1C(=O)N2OS(=O)(=O)O. The molecule has 12 heteroatoms. The fraction of sp³-hybridized carbons (Fsp3) is 0.857. The number of piperidine rings is 2. The van der Waals surface area contributed by atoms with Crippen LogP contribution in [0.1, 0.15) is 25.7 Å². The summed E-state index contributed by atoms with van der Waals surface area (Å²) in [5, 5.41) is 10.6. The summed E-state index contributed by atoms with van der Waals surface area (Å²) in [5.74, 6) is -0.219. The molecule has 4 heterocycles. The predicted molar refractivity (Wildman–Crippen MR) is 88.1 cm³/mol. The van der Waals surface area contributed by atoms with Gasteiger partial charge >= 0.3 is 16.4 Å². The highest BCUT2D eigenvalue weighted by molar-refractivity contribution is 7.80. The fourth-order valence-corrected chi connectivity index (χ4v) is 4.88. The van der Waals surface area contributed by atoms with Crippen molar-refractivity contribution in [3.8, 4) is 0 Å². The minimum absolute atomic E-state index is 0.0569. The molecule has 11 nitrogen and oxygen atoms in total. The first-order valence-electron chi connectivity index (χ1n) is 8.84. The van der Waals surface area contributed by atoms with Crippen LogP contribution in [0.4, 0.5) is 4.79 Å². The topological polar surface area (TPSA) is 140 Å². The maximum atomic E-state index is 12.7. The van der Waals surface area contributed by atoms with Crippen LogP contribution in [0.5, 0.6) is 0 Å². The summed E-state index contributed by atoms with van der Waals surface area (Å²) in [6.07, 6.45) is 2.51. The Kier molecular flexibility index (Phi) is 4.55. The van der Waals surface area contributed by atoms with Gasteiger partial charge in [0.25, 0.3) is 0 Å². The number of hydroxylamine groups is 2. The zero-order valence-electron chi connectivity index (χ0n) is 14.1. The van der Waals surface area contributed by atoms with Crippen LogP contribution in [0.15, 0.2) is 0 Å². The number of rotatable bonds is 4. The van der Waals surface area contributed by atoms with Crippen molar-refractivity contribution in [2.24, 2.45) is 0 Å². The molecule has 0 aliphatic carbocycles. The number of hydrogen-bond acceptors (Lipinski definition) is 7. The minimum Gasteiger partial charge on any atom is -0.351 e. The van der Waals surface area contributed by atoms with Crippen LogP contribution in [0.2, 0.25) is 0 Å². The summed E-state index contributed by atoms with van der Waals surface area (Å²) in [5.41, 5.74) is 0. The summed E-state index contributed by atoms with van der Waals surface area (Å²) < 4.78 is 35.1.